The third-order valence-electron chi connectivity index (χ3n) is 2.05. The van der Waals surface area contributed by atoms with Crippen molar-refractivity contribution in [1.29, 1.82) is 0 Å². The quantitative estimate of drug-likeness (QED) is 0.644. The van der Waals surface area contributed by atoms with E-state index >= 15 is 0 Å². The van der Waals surface area contributed by atoms with E-state index in [1.54, 1.807) is 0 Å². The van der Waals surface area contributed by atoms with E-state index in [1.165, 1.54) is 0 Å². The maximum atomic E-state index is 10.7. The molecule has 4 nitrogen and oxygen atoms in total. The number of halogens is 1. The lowest BCUT2D eigenvalue weighted by molar-refractivity contribution is 0.269. The maximum Gasteiger partial charge on any atom is 0.342 e. The first-order chi connectivity index (χ1) is 6.54. The second-order valence-electron chi connectivity index (χ2n) is 3.11. The Labute approximate surface area is 86.5 Å². The highest BCUT2D eigenvalue weighted by Crippen LogP contribution is 2.27. The van der Waals surface area contributed by atoms with Crippen LogP contribution in [-0.2, 0) is 14.0 Å². The van der Waals surface area contributed by atoms with E-state index in [-0.39, 0.29) is 17.9 Å². The molecule has 0 aromatic carbocycles. The topological polar surface area (TPSA) is 55.7 Å². The predicted molar refractivity (Wildman–Crippen MR) is 53.5 cm³/mol. The Morgan fingerprint density at radius 3 is 2.86 bits per heavy atom. The van der Waals surface area contributed by atoms with Crippen LogP contribution < -0.4 is 0 Å². The van der Waals surface area contributed by atoms with Gasteiger partial charge in [-0.15, -0.1) is 4.40 Å². The van der Waals surface area contributed by atoms with E-state index < -0.39 is 9.24 Å². The van der Waals surface area contributed by atoms with Gasteiger partial charge in [-0.2, -0.15) is 8.42 Å². The minimum absolute atomic E-state index is 0.0801. The smallest absolute Gasteiger partial charge is 0.342 e. The van der Waals surface area contributed by atoms with Gasteiger partial charge in [0.05, 0.1) is 5.92 Å². The molecule has 0 spiro atoms. The molecule has 0 N–H and O–H groups in total. The van der Waals surface area contributed by atoms with Gasteiger partial charge < -0.3 is 4.74 Å². The van der Waals surface area contributed by atoms with Crippen molar-refractivity contribution in [2.45, 2.75) is 12.5 Å². The first-order valence-electron chi connectivity index (χ1n) is 4.11. The summed E-state index contributed by atoms with van der Waals surface area (Å²) in [6, 6.07) is 0. The number of allylic oxidation sites excluding steroid dienone is 2. The third kappa shape index (κ3) is 2.16. The van der Waals surface area contributed by atoms with Crippen LogP contribution in [0.3, 0.4) is 0 Å². The van der Waals surface area contributed by atoms with E-state index in [1.807, 2.05) is 24.3 Å². The van der Waals surface area contributed by atoms with Crippen LogP contribution in [0.1, 0.15) is 6.42 Å². The van der Waals surface area contributed by atoms with E-state index in [9.17, 15) is 8.42 Å². The lowest BCUT2D eigenvalue weighted by atomic mass is 10.1. The fourth-order valence-electron chi connectivity index (χ4n) is 1.50. The van der Waals surface area contributed by atoms with Crippen LogP contribution in [0, 0.1) is 5.92 Å². The van der Waals surface area contributed by atoms with Gasteiger partial charge in [0, 0.05) is 17.1 Å². The maximum absolute atomic E-state index is 10.7. The van der Waals surface area contributed by atoms with Crippen molar-refractivity contribution in [3.63, 3.8) is 0 Å². The molecule has 1 aliphatic carbocycles. The van der Waals surface area contributed by atoms with E-state index in [2.05, 4.69) is 4.40 Å². The highest BCUT2D eigenvalue weighted by molar-refractivity contribution is 8.12. The molecule has 1 fully saturated rings. The van der Waals surface area contributed by atoms with Crippen LogP contribution in [0.15, 0.2) is 28.7 Å². The van der Waals surface area contributed by atoms with Gasteiger partial charge in [-0.3, -0.25) is 0 Å². The molecule has 1 heterocycles. The molecular weight excluding hydrogens is 226 g/mol. The number of fused-ring (bicyclic) bond motifs is 2. The van der Waals surface area contributed by atoms with Gasteiger partial charge in [0.15, 0.2) is 0 Å². The molecule has 0 aromatic rings. The minimum Gasteiger partial charge on any atom is -0.472 e. The van der Waals surface area contributed by atoms with Gasteiger partial charge in [0.1, 0.15) is 6.10 Å². The molecule has 2 unspecified atom stereocenters. The highest BCUT2D eigenvalue weighted by atomic mass is 35.7. The highest BCUT2D eigenvalue weighted by Gasteiger charge is 2.31. The molecule has 2 atom stereocenters. The Kier molecular flexibility index (Phi) is 2.36. The monoisotopic (exact) mass is 233 g/mol. The molecule has 0 saturated carbocycles. The Hall–Kier alpha value is -0.810. The molecule has 0 aromatic heterocycles. The fourth-order valence-corrected chi connectivity index (χ4v) is 2.10. The standard InChI is InChI=1S/C8H8ClNO3S/c9-14(11,12)10-8-6-3-1-2-4-7(5-6)13-8/h1-4,6-7H,5H2/b10-8-. The summed E-state index contributed by atoms with van der Waals surface area (Å²) in [7, 11) is 1.13. The number of hydrogen-bond donors (Lipinski definition) is 0. The van der Waals surface area contributed by atoms with Crippen LogP contribution in [0.25, 0.3) is 0 Å². The van der Waals surface area contributed by atoms with Crippen molar-refractivity contribution in [3.05, 3.63) is 24.3 Å². The van der Waals surface area contributed by atoms with Gasteiger partial charge in [0.25, 0.3) is 0 Å². The van der Waals surface area contributed by atoms with Gasteiger partial charge in [-0.1, -0.05) is 18.2 Å². The minimum atomic E-state index is -3.88. The lowest BCUT2D eigenvalue weighted by Crippen LogP contribution is -2.08. The zero-order valence-corrected chi connectivity index (χ0v) is 8.70. The van der Waals surface area contributed by atoms with E-state index in [0.717, 1.165) is 6.42 Å². The fraction of sp³-hybridized carbons (Fsp3) is 0.375. The molecule has 2 aliphatic rings. The summed E-state index contributed by atoms with van der Waals surface area (Å²) in [5.74, 6) is 0.106. The summed E-state index contributed by atoms with van der Waals surface area (Å²) in [4.78, 5) is 0. The van der Waals surface area contributed by atoms with Crippen LogP contribution in [-0.4, -0.2) is 20.4 Å². The van der Waals surface area contributed by atoms with E-state index in [0.29, 0.717) is 0 Å². The van der Waals surface area contributed by atoms with Gasteiger partial charge in [0.2, 0.25) is 5.90 Å². The first-order valence-corrected chi connectivity index (χ1v) is 6.37. The Morgan fingerprint density at radius 1 is 1.43 bits per heavy atom. The average Bonchev–Trinajstić information content (AvgIpc) is 2.29. The normalized spacial score (nSPS) is 33.1. The summed E-state index contributed by atoms with van der Waals surface area (Å²) in [6.45, 7) is 0. The number of ether oxygens (including phenoxy) is 1. The summed E-state index contributed by atoms with van der Waals surface area (Å²) in [6.07, 6.45) is 8.06. The van der Waals surface area contributed by atoms with Crippen LogP contribution in [0.5, 0.6) is 0 Å². The van der Waals surface area contributed by atoms with Gasteiger partial charge in [-0.25, -0.2) is 0 Å². The summed E-state index contributed by atoms with van der Waals surface area (Å²) >= 11 is 0. The summed E-state index contributed by atoms with van der Waals surface area (Å²) < 4.78 is 30.1. The van der Waals surface area contributed by atoms with Crippen molar-refractivity contribution in [2.24, 2.45) is 10.3 Å². The lowest BCUT2D eigenvalue weighted by Gasteiger charge is -2.04. The molecule has 2 bridgehead atoms. The SMILES string of the molecule is O=S(=O)(Cl)/N=C1\OC2C=CC=CC1C2. The predicted octanol–water partition coefficient (Wildman–Crippen LogP) is 1.40. The Morgan fingerprint density at radius 2 is 2.14 bits per heavy atom. The largest absolute Gasteiger partial charge is 0.472 e. The molecule has 2 rings (SSSR count). The molecule has 0 amide bonds. The molecular formula is C8H8ClNO3S. The molecule has 1 saturated heterocycles. The number of hydrogen-bond acceptors (Lipinski definition) is 3. The Bertz CT molecular complexity index is 424. The number of nitrogens with zero attached hydrogens (tertiary/aromatic N) is 1. The third-order valence-corrected chi connectivity index (χ3v) is 2.66. The molecule has 14 heavy (non-hydrogen) atoms. The first kappa shape index (κ1) is 9.73. The summed E-state index contributed by atoms with van der Waals surface area (Å²) in [5.41, 5.74) is 0. The average molecular weight is 234 g/mol. The molecule has 0 radical (unpaired) electrons. The summed E-state index contributed by atoms with van der Waals surface area (Å²) in [5, 5.41) is 0. The van der Waals surface area contributed by atoms with Gasteiger partial charge in [-0.05, 0) is 6.08 Å². The molecule has 76 valence electrons. The van der Waals surface area contributed by atoms with E-state index in [4.69, 9.17) is 15.4 Å². The zero-order valence-electron chi connectivity index (χ0n) is 7.13. The van der Waals surface area contributed by atoms with Crippen molar-refractivity contribution in [2.75, 3.05) is 0 Å². The second kappa shape index (κ2) is 3.40. The van der Waals surface area contributed by atoms with Crippen molar-refractivity contribution in [3.8, 4) is 0 Å². The molecule has 1 aliphatic heterocycles. The Balaban J connectivity index is 2.30. The van der Waals surface area contributed by atoms with Crippen molar-refractivity contribution >= 4 is 25.8 Å². The second-order valence-corrected chi connectivity index (χ2v) is 5.29. The zero-order chi connectivity index (χ0) is 10.2. The van der Waals surface area contributed by atoms with Crippen LogP contribution in [0.2, 0.25) is 0 Å². The van der Waals surface area contributed by atoms with Crippen molar-refractivity contribution < 1.29 is 13.2 Å². The van der Waals surface area contributed by atoms with Crippen molar-refractivity contribution in [1.82, 2.24) is 0 Å². The molecule has 6 heteroatoms. The van der Waals surface area contributed by atoms with Crippen LogP contribution in [0.4, 0.5) is 0 Å². The number of rotatable bonds is 1. The van der Waals surface area contributed by atoms with Crippen LogP contribution >= 0.6 is 10.7 Å². The van der Waals surface area contributed by atoms with Gasteiger partial charge >= 0.3 is 9.24 Å².